The number of anilines is 1. The summed E-state index contributed by atoms with van der Waals surface area (Å²) in [7, 11) is 0. The summed E-state index contributed by atoms with van der Waals surface area (Å²) < 4.78 is 43.8. The van der Waals surface area contributed by atoms with Gasteiger partial charge in [-0.05, 0) is 18.2 Å². The summed E-state index contributed by atoms with van der Waals surface area (Å²) in [6.45, 7) is 0.0306. The van der Waals surface area contributed by atoms with Gasteiger partial charge in [0.2, 0.25) is 0 Å². The van der Waals surface area contributed by atoms with Crippen molar-refractivity contribution >= 4 is 48.6 Å². The number of halogens is 3. The Morgan fingerprint density at radius 2 is 1.79 bits per heavy atom. The normalized spacial score (nSPS) is 11.3. The molecule has 0 saturated heterocycles. The first-order chi connectivity index (χ1) is 16.4. The number of aromatic nitrogens is 2. The molecule has 0 spiro atoms. The van der Waals surface area contributed by atoms with E-state index in [2.05, 4.69) is 15.3 Å². The molecule has 1 heterocycles. The van der Waals surface area contributed by atoms with Gasteiger partial charge in [0.05, 0.1) is 0 Å². The number of aliphatic hydroxyl groups is 1. The van der Waals surface area contributed by atoms with Gasteiger partial charge in [-0.15, -0.1) is 0 Å². The van der Waals surface area contributed by atoms with E-state index >= 15 is 4.39 Å². The van der Waals surface area contributed by atoms with Crippen LogP contribution in [0.25, 0.3) is 11.0 Å². The number of carbonyl (C=O) groups is 2. The van der Waals surface area contributed by atoms with Crippen LogP contribution in [0.5, 0.6) is 0 Å². The van der Waals surface area contributed by atoms with E-state index in [-0.39, 0.29) is 17.7 Å². The molecular formula is C24H16AsF3N3O3. The van der Waals surface area contributed by atoms with Gasteiger partial charge in [-0.1, -0.05) is 6.07 Å². The van der Waals surface area contributed by atoms with Gasteiger partial charge in [0, 0.05) is 0 Å². The number of amides is 1. The number of benzene rings is 3. The second-order valence-corrected chi connectivity index (χ2v) is 9.68. The molecular weight excluding hydrogens is 510 g/mol. The van der Waals surface area contributed by atoms with E-state index in [1.807, 2.05) is 0 Å². The van der Waals surface area contributed by atoms with E-state index in [1.54, 1.807) is 6.20 Å². The van der Waals surface area contributed by atoms with Crippen molar-refractivity contribution in [1.29, 1.82) is 0 Å². The van der Waals surface area contributed by atoms with Crippen LogP contribution in [0.3, 0.4) is 0 Å². The summed E-state index contributed by atoms with van der Waals surface area (Å²) >= 11 is -0.403. The van der Waals surface area contributed by atoms with Crippen LogP contribution in [0.4, 0.5) is 18.9 Å². The molecule has 3 aromatic carbocycles. The summed E-state index contributed by atoms with van der Waals surface area (Å²) in [4.78, 5) is 34.1. The van der Waals surface area contributed by atoms with Gasteiger partial charge in [-0.3, -0.25) is 0 Å². The van der Waals surface area contributed by atoms with Gasteiger partial charge >= 0.3 is 164 Å². The molecule has 1 radical (unpaired) electrons. The topological polar surface area (TPSA) is 92.2 Å². The zero-order valence-electron chi connectivity index (χ0n) is 17.4. The van der Waals surface area contributed by atoms with Gasteiger partial charge in [-0.2, -0.15) is 0 Å². The number of rotatable bonds is 7. The molecule has 34 heavy (non-hydrogen) atoms. The number of ketones is 1. The number of hydrogen-bond acceptors (Lipinski definition) is 5. The second kappa shape index (κ2) is 10.2. The van der Waals surface area contributed by atoms with Gasteiger partial charge in [0.15, 0.2) is 0 Å². The van der Waals surface area contributed by atoms with Crippen molar-refractivity contribution in [3.63, 3.8) is 0 Å². The Balaban J connectivity index is 1.66. The van der Waals surface area contributed by atoms with E-state index in [0.29, 0.717) is 20.7 Å². The summed E-state index contributed by atoms with van der Waals surface area (Å²) in [5.41, 5.74) is -0.453. The third kappa shape index (κ3) is 5.00. The number of fused-ring (bicyclic) bond motifs is 1. The Labute approximate surface area is 198 Å². The SMILES string of the molecule is O=C(Nc1ccc(F)c(C(=O)c2ccc3ncc([As]CCO)nc3c2)c1F)c1cccc(F)c1. The van der Waals surface area contributed by atoms with E-state index in [0.717, 1.165) is 24.3 Å². The molecule has 0 unspecified atom stereocenters. The van der Waals surface area contributed by atoms with Crippen LogP contribution in [0.15, 0.2) is 60.8 Å². The molecule has 0 aliphatic heterocycles. The minimum Gasteiger partial charge on any atom is -0.207 e. The Bertz CT molecular complexity index is 1420. The molecule has 0 bridgehead atoms. The zero-order chi connectivity index (χ0) is 24.2. The van der Waals surface area contributed by atoms with Gasteiger partial charge in [0.1, 0.15) is 5.82 Å². The molecule has 2 N–H and O–H groups in total. The summed E-state index contributed by atoms with van der Waals surface area (Å²) in [6.07, 6.45) is 1.60. The van der Waals surface area contributed by atoms with Crippen molar-refractivity contribution in [2.45, 2.75) is 5.21 Å². The predicted molar refractivity (Wildman–Crippen MR) is 121 cm³/mol. The van der Waals surface area contributed by atoms with Crippen LogP contribution in [0.2, 0.25) is 5.21 Å². The fourth-order valence-corrected chi connectivity index (χ4v) is 4.57. The van der Waals surface area contributed by atoms with Crippen LogP contribution in [-0.2, 0) is 0 Å². The van der Waals surface area contributed by atoms with Crippen LogP contribution in [-0.4, -0.2) is 49.1 Å². The van der Waals surface area contributed by atoms with Crippen molar-refractivity contribution in [2.24, 2.45) is 0 Å². The number of carbonyl (C=O) groups excluding carboxylic acids is 2. The number of nitrogens with zero attached hydrogens (tertiary/aromatic N) is 2. The van der Waals surface area contributed by atoms with E-state index < -0.39 is 56.1 Å². The molecule has 4 rings (SSSR count). The second-order valence-electron chi connectivity index (χ2n) is 7.11. The Hall–Kier alpha value is -3.55. The standard InChI is InChI=1S/C24H16AsF3N3O3/c26-15-3-1-2-14(10-15)24(34)31-18-7-5-16(27)21(22(18)28)23(33)13-4-6-17-19(11-13)30-20(12-29-17)25-8-9-32/h1-7,10-12,32H,8-9H2,(H,31,34). The van der Waals surface area contributed by atoms with Crippen LogP contribution in [0.1, 0.15) is 26.3 Å². The fourth-order valence-electron chi connectivity index (χ4n) is 3.21. The van der Waals surface area contributed by atoms with E-state index in [9.17, 15) is 18.4 Å². The first-order valence-corrected chi connectivity index (χ1v) is 12.3. The Morgan fingerprint density at radius 3 is 2.56 bits per heavy atom. The molecule has 0 fully saturated rings. The molecule has 4 aromatic rings. The average molecular weight is 526 g/mol. The first kappa shape index (κ1) is 23.6. The predicted octanol–water partition coefficient (Wildman–Crippen LogP) is 3.27. The molecule has 6 nitrogen and oxygen atoms in total. The molecule has 1 aromatic heterocycles. The molecule has 0 atom stereocenters. The van der Waals surface area contributed by atoms with Crippen LogP contribution < -0.4 is 9.80 Å². The first-order valence-electron chi connectivity index (χ1n) is 10.0. The van der Waals surface area contributed by atoms with Crippen molar-refractivity contribution in [1.82, 2.24) is 9.97 Å². The fraction of sp³-hybridized carbons (Fsp3) is 0.0833. The summed E-state index contributed by atoms with van der Waals surface area (Å²) in [5.74, 6) is -4.75. The van der Waals surface area contributed by atoms with Crippen LogP contribution in [0, 0.1) is 17.5 Å². The Kier molecular flexibility index (Phi) is 7.05. The number of hydrogen-bond donors (Lipinski definition) is 2. The van der Waals surface area contributed by atoms with Crippen molar-refractivity contribution in [2.75, 3.05) is 11.9 Å². The maximum absolute atomic E-state index is 15.1. The van der Waals surface area contributed by atoms with Gasteiger partial charge < -0.3 is 0 Å². The molecule has 0 aliphatic carbocycles. The smallest absolute Gasteiger partial charge is 0.207 e. The third-order valence-corrected chi connectivity index (χ3v) is 6.84. The van der Waals surface area contributed by atoms with Crippen molar-refractivity contribution < 1.29 is 27.9 Å². The molecule has 0 aliphatic rings. The number of aliphatic hydroxyl groups excluding tert-OH is 1. The summed E-state index contributed by atoms with van der Waals surface area (Å²) in [6, 6.07) is 10.9. The molecule has 0 saturated carbocycles. The van der Waals surface area contributed by atoms with Crippen molar-refractivity contribution in [3.05, 3.63) is 94.9 Å². The maximum atomic E-state index is 15.1. The molecule has 10 heteroatoms. The van der Waals surface area contributed by atoms with Gasteiger partial charge in [-0.25, -0.2) is 4.39 Å². The third-order valence-electron chi connectivity index (χ3n) is 4.82. The Morgan fingerprint density at radius 1 is 0.971 bits per heavy atom. The minimum absolute atomic E-state index is 0.0104. The van der Waals surface area contributed by atoms with E-state index in [1.165, 1.54) is 30.3 Å². The van der Waals surface area contributed by atoms with E-state index in [4.69, 9.17) is 5.11 Å². The summed E-state index contributed by atoms with van der Waals surface area (Å²) in [5, 5.41) is 11.8. The quantitative estimate of drug-likeness (QED) is 0.285. The molecule has 1 amide bonds. The monoisotopic (exact) mass is 526 g/mol. The zero-order valence-corrected chi connectivity index (χ0v) is 19.3. The van der Waals surface area contributed by atoms with Gasteiger partial charge in [0.25, 0.3) is 0 Å². The molecule has 171 valence electrons. The van der Waals surface area contributed by atoms with Crippen LogP contribution >= 0.6 is 0 Å². The number of nitrogens with one attached hydrogen (secondary N) is 1. The average Bonchev–Trinajstić information content (AvgIpc) is 2.83. The minimum atomic E-state index is -1.25. The van der Waals surface area contributed by atoms with Crippen molar-refractivity contribution in [3.8, 4) is 0 Å².